The average molecular weight is 353 g/mol. The van der Waals surface area contributed by atoms with Crippen molar-refractivity contribution in [3.05, 3.63) is 22.4 Å². The molecule has 24 heavy (non-hydrogen) atoms. The van der Waals surface area contributed by atoms with Crippen LogP contribution in [0.15, 0.2) is 22.5 Å². The maximum absolute atomic E-state index is 5.43. The van der Waals surface area contributed by atoms with Gasteiger partial charge < -0.3 is 15.4 Å². The molecular formula is C18H32N4OS. The van der Waals surface area contributed by atoms with Crippen molar-refractivity contribution in [2.24, 2.45) is 10.9 Å². The second-order valence-corrected chi connectivity index (χ2v) is 8.10. The zero-order valence-electron chi connectivity index (χ0n) is 15.5. The van der Waals surface area contributed by atoms with Crippen molar-refractivity contribution >= 4 is 17.3 Å². The summed E-state index contributed by atoms with van der Waals surface area (Å²) < 4.78 is 5.43. The van der Waals surface area contributed by atoms with Crippen molar-refractivity contribution in [1.82, 2.24) is 15.5 Å². The van der Waals surface area contributed by atoms with Gasteiger partial charge in [-0.1, -0.05) is 6.07 Å². The fraction of sp³-hybridized carbons (Fsp3) is 0.722. The number of hydrogen-bond donors (Lipinski definition) is 2. The third kappa shape index (κ3) is 6.42. The highest BCUT2D eigenvalue weighted by molar-refractivity contribution is 7.09. The monoisotopic (exact) mass is 352 g/mol. The van der Waals surface area contributed by atoms with Crippen LogP contribution in [0.5, 0.6) is 0 Å². The van der Waals surface area contributed by atoms with Gasteiger partial charge in [0.25, 0.3) is 0 Å². The van der Waals surface area contributed by atoms with Gasteiger partial charge in [0, 0.05) is 38.7 Å². The minimum absolute atomic E-state index is 0.190. The molecular weight excluding hydrogens is 320 g/mol. The van der Waals surface area contributed by atoms with E-state index in [1.165, 1.54) is 30.8 Å². The summed E-state index contributed by atoms with van der Waals surface area (Å²) in [5, 5.41) is 8.97. The van der Waals surface area contributed by atoms with Gasteiger partial charge in [0.2, 0.25) is 0 Å². The van der Waals surface area contributed by atoms with E-state index in [4.69, 9.17) is 4.74 Å². The van der Waals surface area contributed by atoms with E-state index in [0.717, 1.165) is 31.5 Å². The lowest BCUT2D eigenvalue weighted by Crippen LogP contribution is -2.47. The highest BCUT2D eigenvalue weighted by Crippen LogP contribution is 2.20. The largest absolute Gasteiger partial charge is 0.377 e. The number of guanidine groups is 1. The molecule has 1 aromatic heterocycles. The maximum atomic E-state index is 5.43. The van der Waals surface area contributed by atoms with Crippen LogP contribution in [0.3, 0.4) is 0 Å². The molecule has 0 radical (unpaired) electrons. The number of hydrogen-bond acceptors (Lipinski definition) is 4. The van der Waals surface area contributed by atoms with Crippen molar-refractivity contribution in [2.75, 3.05) is 40.3 Å². The molecule has 1 aromatic rings. The number of rotatable bonds is 7. The van der Waals surface area contributed by atoms with Gasteiger partial charge in [0.15, 0.2) is 5.96 Å². The maximum Gasteiger partial charge on any atom is 0.191 e. The Morgan fingerprint density at radius 3 is 2.71 bits per heavy atom. The fourth-order valence-electron chi connectivity index (χ4n) is 2.80. The van der Waals surface area contributed by atoms with E-state index in [1.807, 2.05) is 18.4 Å². The van der Waals surface area contributed by atoms with Crippen molar-refractivity contribution in [3.8, 4) is 0 Å². The quantitative estimate of drug-likeness (QED) is 0.585. The fourth-order valence-corrected chi connectivity index (χ4v) is 3.55. The Balaban J connectivity index is 1.66. The zero-order valence-corrected chi connectivity index (χ0v) is 16.3. The summed E-state index contributed by atoms with van der Waals surface area (Å²) in [7, 11) is 3.56. The Kier molecular flexibility index (Phi) is 7.52. The van der Waals surface area contributed by atoms with Crippen LogP contribution in [0.1, 0.15) is 31.6 Å². The minimum atomic E-state index is -0.190. The van der Waals surface area contributed by atoms with Gasteiger partial charge in [-0.3, -0.25) is 9.89 Å². The standard InChI is InChI=1S/C18H32N4OS/c1-18(2,23-4)14-21-17(19-3)20-12-15-7-9-22(10-8-15)13-16-6-5-11-24-16/h5-6,11,15H,7-10,12-14H2,1-4H3,(H2,19,20,21). The Bertz CT molecular complexity index is 493. The van der Waals surface area contributed by atoms with E-state index in [2.05, 4.69) is 51.9 Å². The molecule has 6 heteroatoms. The first-order chi connectivity index (χ1) is 11.5. The van der Waals surface area contributed by atoms with Crippen molar-refractivity contribution in [2.45, 2.75) is 38.8 Å². The Labute approximate surface area is 150 Å². The van der Waals surface area contributed by atoms with E-state index in [1.54, 1.807) is 7.11 Å². The van der Waals surface area contributed by atoms with Crippen LogP contribution in [0.25, 0.3) is 0 Å². The molecule has 2 rings (SSSR count). The Hall–Kier alpha value is -1.11. The molecule has 1 fully saturated rings. The summed E-state index contributed by atoms with van der Waals surface area (Å²) in [5.74, 6) is 1.58. The van der Waals surface area contributed by atoms with Crippen molar-refractivity contribution < 1.29 is 4.74 Å². The molecule has 1 aliphatic heterocycles. The molecule has 2 N–H and O–H groups in total. The normalized spacial score (nSPS) is 17.9. The lowest BCUT2D eigenvalue weighted by Gasteiger charge is -2.32. The number of nitrogens with one attached hydrogen (secondary N) is 2. The molecule has 0 atom stereocenters. The van der Waals surface area contributed by atoms with E-state index in [9.17, 15) is 0 Å². The molecule has 0 bridgehead atoms. The smallest absolute Gasteiger partial charge is 0.191 e. The first kappa shape index (κ1) is 19.2. The van der Waals surface area contributed by atoms with Gasteiger partial charge in [0.1, 0.15) is 0 Å². The molecule has 0 aliphatic carbocycles. The SMILES string of the molecule is CN=C(NCC1CCN(Cc2cccs2)CC1)NCC(C)(C)OC. The van der Waals surface area contributed by atoms with Crippen molar-refractivity contribution in [3.63, 3.8) is 0 Å². The van der Waals surface area contributed by atoms with Gasteiger partial charge in [-0.25, -0.2) is 0 Å². The second kappa shape index (κ2) is 9.39. The summed E-state index contributed by atoms with van der Waals surface area (Å²) >= 11 is 1.86. The van der Waals surface area contributed by atoms with Gasteiger partial charge >= 0.3 is 0 Å². The molecule has 0 spiro atoms. The Morgan fingerprint density at radius 1 is 1.38 bits per heavy atom. The number of ether oxygens (including phenoxy) is 1. The molecule has 1 saturated heterocycles. The Morgan fingerprint density at radius 2 is 2.12 bits per heavy atom. The lowest BCUT2D eigenvalue weighted by molar-refractivity contribution is 0.0268. The molecule has 0 aromatic carbocycles. The summed E-state index contributed by atoms with van der Waals surface area (Å²) in [4.78, 5) is 8.34. The second-order valence-electron chi connectivity index (χ2n) is 7.07. The predicted octanol–water partition coefficient (Wildman–Crippen LogP) is 2.55. The van der Waals surface area contributed by atoms with Crippen LogP contribution in [0.2, 0.25) is 0 Å². The van der Waals surface area contributed by atoms with Crippen LogP contribution in [-0.4, -0.2) is 56.8 Å². The number of aliphatic imine (C=N–C) groups is 1. The lowest BCUT2D eigenvalue weighted by atomic mass is 9.97. The van der Waals surface area contributed by atoms with Gasteiger partial charge in [-0.2, -0.15) is 0 Å². The first-order valence-electron chi connectivity index (χ1n) is 8.77. The molecule has 2 heterocycles. The summed E-state index contributed by atoms with van der Waals surface area (Å²) in [6.07, 6.45) is 2.50. The summed E-state index contributed by atoms with van der Waals surface area (Å²) in [5.41, 5.74) is -0.190. The van der Waals surface area contributed by atoms with Crippen molar-refractivity contribution in [1.29, 1.82) is 0 Å². The molecule has 0 unspecified atom stereocenters. The van der Waals surface area contributed by atoms with E-state index in [0.29, 0.717) is 0 Å². The van der Waals surface area contributed by atoms with E-state index in [-0.39, 0.29) is 5.60 Å². The van der Waals surface area contributed by atoms with Gasteiger partial charge in [0.05, 0.1) is 5.60 Å². The van der Waals surface area contributed by atoms with Crippen LogP contribution in [0.4, 0.5) is 0 Å². The number of nitrogens with zero attached hydrogens (tertiary/aromatic N) is 2. The molecule has 136 valence electrons. The molecule has 0 saturated carbocycles. The van der Waals surface area contributed by atoms with Crippen LogP contribution in [-0.2, 0) is 11.3 Å². The number of likely N-dealkylation sites (tertiary alicyclic amines) is 1. The predicted molar refractivity (Wildman–Crippen MR) is 103 cm³/mol. The highest BCUT2D eigenvalue weighted by atomic mass is 32.1. The number of thiophene rings is 1. The third-order valence-electron chi connectivity index (χ3n) is 4.68. The average Bonchev–Trinajstić information content (AvgIpc) is 3.09. The van der Waals surface area contributed by atoms with Gasteiger partial charge in [-0.05, 0) is 57.1 Å². The van der Waals surface area contributed by atoms with Gasteiger partial charge in [-0.15, -0.1) is 11.3 Å². The van der Waals surface area contributed by atoms with E-state index < -0.39 is 0 Å². The third-order valence-corrected chi connectivity index (χ3v) is 5.54. The first-order valence-corrected chi connectivity index (χ1v) is 9.65. The zero-order chi connectivity index (χ0) is 17.4. The molecule has 5 nitrogen and oxygen atoms in total. The summed E-state index contributed by atoms with van der Waals surface area (Å²) in [6, 6.07) is 4.37. The molecule has 1 aliphatic rings. The number of piperidine rings is 1. The molecule has 0 amide bonds. The van der Waals surface area contributed by atoms with Crippen LogP contribution < -0.4 is 10.6 Å². The summed E-state index contributed by atoms with van der Waals surface area (Å²) in [6.45, 7) is 9.34. The number of methoxy groups -OCH3 is 1. The topological polar surface area (TPSA) is 48.9 Å². The minimum Gasteiger partial charge on any atom is -0.377 e. The van der Waals surface area contributed by atoms with Crippen LogP contribution in [0, 0.1) is 5.92 Å². The van der Waals surface area contributed by atoms with E-state index >= 15 is 0 Å². The van der Waals surface area contributed by atoms with Crippen LogP contribution >= 0.6 is 11.3 Å². The highest BCUT2D eigenvalue weighted by Gasteiger charge is 2.20.